The molecule has 2 aromatic rings. The van der Waals surface area contributed by atoms with Gasteiger partial charge in [0, 0.05) is 42.9 Å². The maximum absolute atomic E-state index is 10.1. The lowest BCUT2D eigenvalue weighted by molar-refractivity contribution is 0.103. The van der Waals surface area contributed by atoms with Crippen LogP contribution in [0.15, 0.2) is 48.5 Å². The molecule has 0 fully saturated rings. The average Bonchev–Trinajstić information content (AvgIpc) is 2.95. The summed E-state index contributed by atoms with van der Waals surface area (Å²) in [5, 5.41) is 24.6. The topological polar surface area (TPSA) is 92.2 Å². The van der Waals surface area contributed by atoms with E-state index < -0.39 is 58.2 Å². The monoisotopic (exact) mass is 473 g/mol. The lowest BCUT2D eigenvalue weighted by Crippen LogP contribution is -2.35. The first-order chi connectivity index (χ1) is 21.1. The highest BCUT2D eigenvalue weighted by molar-refractivity contribution is 5.28. The van der Waals surface area contributed by atoms with Gasteiger partial charge in [-0.3, -0.25) is 0 Å². The Morgan fingerprint density at radius 3 is 1.64 bits per heavy atom. The van der Waals surface area contributed by atoms with Gasteiger partial charge in [-0.15, -0.1) is 0 Å². The molecule has 0 aliphatic carbocycles. The highest BCUT2D eigenvalue weighted by Crippen LogP contribution is 2.16. The van der Waals surface area contributed by atoms with Gasteiger partial charge in [0.2, 0.25) is 0 Å². The number of aliphatic hydroxyl groups is 2. The van der Waals surface area contributed by atoms with E-state index in [4.69, 9.17) is 32.0 Å². The quantitative estimate of drug-likeness (QED) is 0.298. The Morgan fingerprint density at radius 1 is 0.758 bits per heavy atom. The van der Waals surface area contributed by atoms with Gasteiger partial charge in [-0.2, -0.15) is 0 Å². The van der Waals surface area contributed by atoms with Crippen LogP contribution < -0.4 is 20.1 Å². The van der Waals surface area contributed by atoms with Crippen LogP contribution in [0.1, 0.15) is 56.4 Å². The highest BCUT2D eigenvalue weighted by Gasteiger charge is 2.07. The van der Waals surface area contributed by atoms with Gasteiger partial charge in [0.05, 0.1) is 13.2 Å². The van der Waals surface area contributed by atoms with Crippen molar-refractivity contribution in [3.05, 3.63) is 59.7 Å². The third-order valence-corrected chi connectivity index (χ3v) is 4.31. The zero-order valence-electron chi connectivity index (χ0n) is 31.2. The summed E-state index contributed by atoms with van der Waals surface area (Å²) in [6.45, 7) is -12.0. The van der Waals surface area contributed by atoms with Crippen LogP contribution in [0.2, 0.25) is 0 Å². The van der Waals surface area contributed by atoms with Crippen LogP contribution in [0.5, 0.6) is 11.5 Å². The standard InChI is InChI=1S/C26H40N2O5/c1-19(2)27-13-23(29)17-32-25-9-5-21(6-10-25)15-31-16-22-7-11-26(12-8-22)33-18-24(30)14-28-20(3)4/h5-12,19-20,23-24,27-30H,13-18H2,1-4H3/i1D2,2D3,3D3,4D3,19D,20D. The van der Waals surface area contributed by atoms with Gasteiger partial charge in [0.15, 0.2) is 0 Å². The molecule has 184 valence electrons. The summed E-state index contributed by atoms with van der Waals surface area (Å²) < 4.78 is 114. The minimum absolute atomic E-state index is 0.211. The first-order valence-corrected chi connectivity index (χ1v) is 10.3. The molecule has 3 atom stereocenters. The summed E-state index contributed by atoms with van der Waals surface area (Å²) in [5.74, 6) is 0.830. The second-order valence-corrected chi connectivity index (χ2v) is 7.26. The van der Waals surface area contributed by atoms with Crippen molar-refractivity contribution in [2.75, 3.05) is 26.3 Å². The second kappa shape index (κ2) is 14.9. The Bertz CT molecular complexity index is 1180. The maximum Gasteiger partial charge on any atom is 0.119 e. The predicted octanol–water partition coefficient (Wildman–Crippen LogP) is 2.88. The van der Waals surface area contributed by atoms with Gasteiger partial charge in [-0.1, -0.05) is 51.7 Å². The van der Waals surface area contributed by atoms with Crippen molar-refractivity contribution in [3.8, 4) is 11.5 Å². The van der Waals surface area contributed by atoms with Crippen molar-refractivity contribution >= 4 is 0 Å². The zero-order chi connectivity index (χ0) is 35.0. The molecule has 0 saturated heterocycles. The first-order valence-electron chi connectivity index (χ1n) is 17.0. The zero-order valence-corrected chi connectivity index (χ0v) is 18.2. The minimum atomic E-state index is -3.15. The van der Waals surface area contributed by atoms with E-state index in [1.165, 1.54) is 0 Å². The molecule has 3 unspecified atom stereocenters. The molecule has 2 rings (SSSR count). The molecule has 0 saturated carbocycles. The van der Waals surface area contributed by atoms with Crippen LogP contribution in [-0.2, 0) is 18.0 Å². The molecule has 2 aromatic carbocycles. The Labute approximate surface area is 216 Å². The fraction of sp³-hybridized carbons (Fsp3) is 0.538. The molecule has 0 aliphatic heterocycles. The van der Waals surface area contributed by atoms with E-state index in [9.17, 15) is 10.2 Å². The Hall–Kier alpha value is -2.16. The third-order valence-electron chi connectivity index (χ3n) is 4.31. The number of nitrogens with one attached hydrogen (secondary N) is 2. The van der Waals surface area contributed by atoms with Crippen LogP contribution in [-0.4, -0.2) is 60.8 Å². The van der Waals surface area contributed by atoms with Gasteiger partial charge in [-0.05, 0) is 35.4 Å². The van der Waals surface area contributed by atoms with Crippen molar-refractivity contribution in [2.24, 2.45) is 0 Å². The molecule has 0 amide bonds. The molecule has 4 N–H and O–H groups in total. The Balaban J connectivity index is 1.73. The van der Waals surface area contributed by atoms with E-state index in [-0.39, 0.29) is 33.0 Å². The van der Waals surface area contributed by atoms with Crippen molar-refractivity contribution in [3.63, 3.8) is 0 Å². The van der Waals surface area contributed by atoms with E-state index in [2.05, 4.69) is 10.6 Å². The molecular formula is C26H40N2O5. The van der Waals surface area contributed by atoms with Crippen LogP contribution >= 0.6 is 0 Å². The largest absolute Gasteiger partial charge is 0.491 e. The van der Waals surface area contributed by atoms with E-state index >= 15 is 0 Å². The molecule has 7 nitrogen and oxygen atoms in total. The molecular weight excluding hydrogens is 420 g/mol. The third kappa shape index (κ3) is 12.0. The van der Waals surface area contributed by atoms with E-state index in [0.29, 0.717) is 11.5 Å². The van der Waals surface area contributed by atoms with Crippen molar-refractivity contribution in [2.45, 2.75) is 64.9 Å². The average molecular weight is 474 g/mol. The number of hydrogen-bond donors (Lipinski definition) is 4. The number of hydrogen-bond acceptors (Lipinski definition) is 7. The molecule has 33 heavy (non-hydrogen) atoms. The summed E-state index contributed by atoms with van der Waals surface area (Å²) in [6, 6.07) is 8.09. The molecule has 0 aromatic heterocycles. The second-order valence-electron chi connectivity index (χ2n) is 7.26. The van der Waals surface area contributed by atoms with E-state index in [1.807, 2.05) is 0 Å². The summed E-state index contributed by atoms with van der Waals surface area (Å²) in [5.41, 5.74) is 1.66. The number of ether oxygens (including phenoxy) is 3. The van der Waals surface area contributed by atoms with Gasteiger partial charge in [-0.25, -0.2) is 0 Å². The Kier molecular flexibility index (Phi) is 6.16. The van der Waals surface area contributed by atoms with E-state index in [1.54, 1.807) is 48.5 Å². The normalized spacial score (nSPS) is 22.5. The minimum Gasteiger partial charge on any atom is -0.491 e. The number of benzene rings is 2. The van der Waals surface area contributed by atoms with Crippen LogP contribution in [0.4, 0.5) is 0 Å². The van der Waals surface area contributed by atoms with Gasteiger partial charge >= 0.3 is 0 Å². The molecule has 0 spiro atoms. The lowest BCUT2D eigenvalue weighted by Gasteiger charge is -2.15. The van der Waals surface area contributed by atoms with Gasteiger partial charge in [0.1, 0.15) is 36.9 Å². The smallest absolute Gasteiger partial charge is 0.119 e. The molecule has 0 heterocycles. The molecule has 7 heteroatoms. The van der Waals surface area contributed by atoms with Crippen LogP contribution in [0.25, 0.3) is 0 Å². The Morgan fingerprint density at radius 2 is 1.21 bits per heavy atom. The summed E-state index contributed by atoms with van der Waals surface area (Å²) in [7, 11) is 0. The number of aliphatic hydroxyl groups excluding tert-OH is 2. The van der Waals surface area contributed by atoms with Gasteiger partial charge in [0.25, 0.3) is 0 Å². The summed E-state index contributed by atoms with van der Waals surface area (Å²) in [6.07, 6.45) is -2.46. The summed E-state index contributed by atoms with van der Waals surface area (Å²) >= 11 is 0. The van der Waals surface area contributed by atoms with Crippen molar-refractivity contribution in [1.29, 1.82) is 0 Å². The number of rotatable bonds is 16. The predicted molar refractivity (Wildman–Crippen MR) is 131 cm³/mol. The fourth-order valence-electron chi connectivity index (χ4n) is 2.60. The highest BCUT2D eigenvalue weighted by atomic mass is 16.5. The van der Waals surface area contributed by atoms with E-state index in [0.717, 1.165) is 11.1 Å². The molecule has 0 bridgehead atoms. The summed E-state index contributed by atoms with van der Waals surface area (Å²) in [4.78, 5) is 0. The fourth-order valence-corrected chi connectivity index (χ4v) is 2.60. The molecule has 0 radical (unpaired) electrons. The van der Waals surface area contributed by atoms with Gasteiger partial charge < -0.3 is 35.1 Å². The van der Waals surface area contributed by atoms with Crippen LogP contribution in [0, 0.1) is 0 Å². The SMILES string of the molecule is [2H]C([2H])C([2H])(NCC(O)COc1ccc(COCc2ccc(OCC(O)CNC([2H])(C([2H])([2H])[2H])C([2H])([2H])[2H])cc2)cc1)C([2H])([2H])[2H]. The molecule has 0 aliphatic rings. The lowest BCUT2D eigenvalue weighted by atomic mass is 10.2. The maximum atomic E-state index is 10.1. The van der Waals surface area contributed by atoms with Crippen LogP contribution in [0.3, 0.4) is 0 Å². The van der Waals surface area contributed by atoms with Crippen molar-refractivity contribution < 1.29 is 42.2 Å². The first kappa shape index (κ1) is 13.7. The van der Waals surface area contributed by atoms with Crippen molar-refractivity contribution in [1.82, 2.24) is 10.6 Å².